The molecule has 1 aromatic rings. The first-order valence-corrected chi connectivity index (χ1v) is 8.53. The van der Waals surface area contributed by atoms with E-state index in [2.05, 4.69) is 64.8 Å². The summed E-state index contributed by atoms with van der Waals surface area (Å²) in [6, 6.07) is 8.51. The third kappa shape index (κ3) is 5.67. The second kappa shape index (κ2) is 10.5. The molecule has 1 aliphatic carbocycles. The van der Waals surface area contributed by atoms with Gasteiger partial charge in [-0.1, -0.05) is 71.7 Å². The van der Waals surface area contributed by atoms with E-state index in [0.29, 0.717) is 0 Å². The van der Waals surface area contributed by atoms with Crippen LogP contribution in [0.15, 0.2) is 22.7 Å². The molecule has 0 amide bonds. The molecule has 0 radical (unpaired) electrons. The molecule has 0 atom stereocenters. The number of rotatable bonds is 1. The van der Waals surface area contributed by atoms with Crippen molar-refractivity contribution < 1.29 is 0 Å². The highest BCUT2D eigenvalue weighted by Gasteiger charge is 2.46. The highest BCUT2D eigenvalue weighted by molar-refractivity contribution is 9.10. The minimum atomic E-state index is -0.176. The van der Waals surface area contributed by atoms with Gasteiger partial charge in [0.05, 0.1) is 11.5 Å². The van der Waals surface area contributed by atoms with Gasteiger partial charge in [0.2, 0.25) is 0 Å². The van der Waals surface area contributed by atoms with E-state index >= 15 is 0 Å². The Kier molecular flexibility index (Phi) is 11.5. The molecule has 3 heteroatoms. The molecule has 0 saturated heterocycles. The van der Waals surface area contributed by atoms with Gasteiger partial charge in [0.1, 0.15) is 0 Å². The van der Waals surface area contributed by atoms with E-state index in [-0.39, 0.29) is 12.8 Å². The highest BCUT2D eigenvalue weighted by Crippen LogP contribution is 2.50. The molecule has 0 aromatic heterocycles. The largest absolute Gasteiger partial charge is 0.197 e. The van der Waals surface area contributed by atoms with E-state index in [1.807, 2.05) is 18.0 Å². The van der Waals surface area contributed by atoms with Crippen molar-refractivity contribution in [3.8, 4) is 6.07 Å². The van der Waals surface area contributed by atoms with Crippen molar-refractivity contribution in [2.45, 2.75) is 52.9 Å². The highest BCUT2D eigenvalue weighted by atomic mass is 79.9. The minimum absolute atomic E-state index is 0. The Hall–Kier alpha value is -0.330. The summed E-state index contributed by atoms with van der Waals surface area (Å²) < 4.78 is 1.08. The van der Waals surface area contributed by atoms with Gasteiger partial charge in [0.25, 0.3) is 0 Å². The van der Waals surface area contributed by atoms with Gasteiger partial charge in [-0.2, -0.15) is 5.26 Å². The molecule has 0 unspecified atom stereocenters. The van der Waals surface area contributed by atoms with Crippen LogP contribution in [-0.2, 0) is 5.41 Å². The molecule has 1 nitrogen and oxygen atoms in total. The van der Waals surface area contributed by atoms with E-state index in [1.54, 1.807) is 0 Å². The van der Waals surface area contributed by atoms with Gasteiger partial charge in [0.15, 0.2) is 0 Å². The molecule has 0 bridgehead atoms. The third-order valence-electron chi connectivity index (χ3n) is 2.66. The molecule has 0 spiro atoms. The Morgan fingerprint density at radius 2 is 1.74 bits per heavy atom. The van der Waals surface area contributed by atoms with Crippen molar-refractivity contribution in [3.05, 3.63) is 33.8 Å². The average molecular weight is 391 g/mol. The summed E-state index contributed by atoms with van der Waals surface area (Å²) in [6.07, 6.45) is 3.26. The smallest absolute Gasteiger partial charge is 0.0837 e. The topological polar surface area (TPSA) is 23.8 Å². The lowest BCUT2D eigenvalue weighted by atomic mass is 9.93. The number of halogens is 2. The van der Waals surface area contributed by atoms with E-state index in [0.717, 1.165) is 17.3 Å². The fraction of sp³-hybridized carbons (Fsp3) is 0.562. The molecule has 1 fully saturated rings. The minimum Gasteiger partial charge on any atom is -0.197 e. The zero-order chi connectivity index (χ0) is 14.2. The number of nitriles is 1. The van der Waals surface area contributed by atoms with E-state index < -0.39 is 0 Å². The lowest BCUT2D eigenvalue weighted by molar-refractivity contribution is 0.888. The van der Waals surface area contributed by atoms with Gasteiger partial charge in [0, 0.05) is 4.47 Å². The Balaban J connectivity index is 0. The third-order valence-corrected chi connectivity index (χ3v) is 3.33. The van der Waals surface area contributed by atoms with Gasteiger partial charge >= 0.3 is 0 Å². The summed E-state index contributed by atoms with van der Waals surface area (Å²) in [7, 11) is 0. The molecule has 1 aliphatic rings. The first-order chi connectivity index (χ1) is 8.61. The predicted molar refractivity (Wildman–Crippen MR) is 93.0 cm³/mol. The van der Waals surface area contributed by atoms with Crippen molar-refractivity contribution in [3.63, 3.8) is 0 Å². The van der Waals surface area contributed by atoms with Crippen molar-refractivity contribution in [2.75, 3.05) is 5.83 Å². The standard InChI is InChI=1S/C11H10BrN.C3H8.CH3Br.CH4/c1-8-3-2-4-9(12)10(8)11(7-13)5-6-11;1-3-2;1-2;/h2-4H,5-6H2,1H3;3H2,1-2H3;1H3;1H4. The van der Waals surface area contributed by atoms with Gasteiger partial charge in [-0.3, -0.25) is 0 Å². The number of aryl methyl sites for hydroxylation is 1. The second-order valence-electron chi connectivity index (χ2n) is 4.33. The molecule has 19 heavy (non-hydrogen) atoms. The van der Waals surface area contributed by atoms with Crippen molar-refractivity contribution in [2.24, 2.45) is 0 Å². The Morgan fingerprint density at radius 3 is 2.05 bits per heavy atom. The number of nitrogens with zero attached hydrogens (tertiary/aromatic N) is 1. The maximum absolute atomic E-state index is 9.09. The van der Waals surface area contributed by atoms with Gasteiger partial charge in [-0.05, 0) is 42.8 Å². The fourth-order valence-electron chi connectivity index (χ4n) is 1.78. The van der Waals surface area contributed by atoms with Crippen LogP contribution in [0.25, 0.3) is 0 Å². The van der Waals surface area contributed by atoms with Gasteiger partial charge < -0.3 is 0 Å². The summed E-state index contributed by atoms with van der Waals surface area (Å²) >= 11 is 6.45. The van der Waals surface area contributed by atoms with Gasteiger partial charge in [-0.25, -0.2) is 0 Å². The van der Waals surface area contributed by atoms with Crippen LogP contribution < -0.4 is 0 Å². The first kappa shape index (κ1) is 21.0. The van der Waals surface area contributed by atoms with Crippen molar-refractivity contribution in [1.29, 1.82) is 5.26 Å². The lowest BCUT2D eigenvalue weighted by Gasteiger charge is -2.11. The quantitative estimate of drug-likeness (QED) is 0.510. The molecule has 0 aliphatic heterocycles. The second-order valence-corrected chi connectivity index (χ2v) is 5.19. The number of benzene rings is 1. The van der Waals surface area contributed by atoms with Crippen LogP contribution in [0.3, 0.4) is 0 Å². The Bertz CT molecular complexity index is 383. The normalized spacial score (nSPS) is 13.5. The molecule has 1 aromatic carbocycles. The Labute approximate surface area is 135 Å². The molecular weight excluding hydrogens is 366 g/mol. The zero-order valence-corrected chi connectivity index (χ0v) is 14.7. The summed E-state index contributed by atoms with van der Waals surface area (Å²) in [5, 5.41) is 9.09. The lowest BCUT2D eigenvalue weighted by Crippen LogP contribution is -2.05. The SMILES string of the molecule is C.CBr.CCC.Cc1cccc(Br)c1C1(C#N)CC1. The maximum atomic E-state index is 9.09. The van der Waals surface area contributed by atoms with E-state index in [1.165, 1.54) is 17.5 Å². The van der Waals surface area contributed by atoms with Crippen LogP contribution in [0, 0.1) is 18.3 Å². The average Bonchev–Trinajstić information content (AvgIpc) is 3.13. The van der Waals surface area contributed by atoms with Gasteiger partial charge in [-0.15, -0.1) is 0 Å². The fourth-order valence-corrected chi connectivity index (χ4v) is 2.63. The number of hydrogen-bond donors (Lipinski definition) is 0. The molecule has 108 valence electrons. The summed E-state index contributed by atoms with van der Waals surface area (Å²) in [4.78, 5) is 0. The maximum Gasteiger partial charge on any atom is 0.0837 e. The predicted octanol–water partition coefficient (Wildman–Crippen LogP) is 6.38. The summed E-state index contributed by atoms with van der Waals surface area (Å²) in [6.45, 7) is 6.32. The summed E-state index contributed by atoms with van der Waals surface area (Å²) in [5.41, 5.74) is 2.23. The van der Waals surface area contributed by atoms with Crippen LogP contribution in [0.2, 0.25) is 0 Å². The molecule has 2 rings (SSSR count). The van der Waals surface area contributed by atoms with E-state index in [9.17, 15) is 0 Å². The molecular formula is C16H25Br2N. The van der Waals surface area contributed by atoms with Crippen LogP contribution in [0.1, 0.15) is 51.7 Å². The monoisotopic (exact) mass is 389 g/mol. The van der Waals surface area contributed by atoms with Crippen molar-refractivity contribution in [1.82, 2.24) is 0 Å². The summed E-state index contributed by atoms with van der Waals surface area (Å²) in [5.74, 6) is 1.81. The van der Waals surface area contributed by atoms with Crippen LogP contribution in [0.4, 0.5) is 0 Å². The molecule has 0 N–H and O–H groups in total. The molecule has 1 saturated carbocycles. The van der Waals surface area contributed by atoms with Crippen LogP contribution in [0.5, 0.6) is 0 Å². The van der Waals surface area contributed by atoms with E-state index in [4.69, 9.17) is 5.26 Å². The molecule has 0 heterocycles. The van der Waals surface area contributed by atoms with Crippen LogP contribution >= 0.6 is 31.9 Å². The van der Waals surface area contributed by atoms with Crippen LogP contribution in [-0.4, -0.2) is 5.83 Å². The zero-order valence-electron chi connectivity index (χ0n) is 11.6. The number of alkyl halides is 1. The Morgan fingerprint density at radius 1 is 1.26 bits per heavy atom. The first-order valence-electron chi connectivity index (χ1n) is 6.16. The number of hydrogen-bond acceptors (Lipinski definition) is 1. The van der Waals surface area contributed by atoms with Crippen molar-refractivity contribution >= 4 is 31.9 Å².